The predicted octanol–water partition coefficient (Wildman–Crippen LogP) is 2.04. The van der Waals surface area contributed by atoms with Crippen LogP contribution in [0.4, 0.5) is 10.1 Å². The van der Waals surface area contributed by atoms with Crippen molar-refractivity contribution in [3.05, 3.63) is 66.0 Å². The van der Waals surface area contributed by atoms with Crippen LogP contribution in [0.25, 0.3) is 0 Å². The number of anilines is 1. The van der Waals surface area contributed by atoms with Crippen LogP contribution in [-0.2, 0) is 9.59 Å². The van der Waals surface area contributed by atoms with Crippen molar-refractivity contribution in [2.24, 2.45) is 0 Å². The molecule has 0 aromatic heterocycles. The molecule has 2 rings (SSSR count). The van der Waals surface area contributed by atoms with Crippen molar-refractivity contribution in [1.82, 2.24) is 10.2 Å². The molecule has 0 fully saturated rings. The summed E-state index contributed by atoms with van der Waals surface area (Å²) in [6, 6.07) is 14.2. The Morgan fingerprint density at radius 1 is 1.04 bits per heavy atom. The van der Waals surface area contributed by atoms with Gasteiger partial charge in [0.15, 0.2) is 0 Å². The third-order valence-corrected chi connectivity index (χ3v) is 3.58. The molecule has 0 saturated heterocycles. The Morgan fingerprint density at radius 3 is 2.46 bits per heavy atom. The number of benzene rings is 2. The van der Waals surface area contributed by atoms with Gasteiger partial charge in [0.2, 0.25) is 11.8 Å². The van der Waals surface area contributed by atoms with Gasteiger partial charge in [-0.05, 0) is 30.3 Å². The van der Waals surface area contributed by atoms with Crippen molar-refractivity contribution in [1.29, 1.82) is 0 Å². The average molecular weight is 357 g/mol. The number of carbonyl (C=O) groups excluding carboxylic acids is 3. The van der Waals surface area contributed by atoms with Gasteiger partial charge in [-0.25, -0.2) is 4.39 Å². The van der Waals surface area contributed by atoms with Gasteiger partial charge in [0.1, 0.15) is 5.82 Å². The number of carbonyl (C=O) groups is 3. The Balaban J connectivity index is 1.73. The van der Waals surface area contributed by atoms with Gasteiger partial charge in [-0.3, -0.25) is 14.4 Å². The van der Waals surface area contributed by atoms with E-state index in [1.165, 1.54) is 30.1 Å². The fourth-order valence-electron chi connectivity index (χ4n) is 2.24. The van der Waals surface area contributed by atoms with E-state index in [4.69, 9.17) is 0 Å². The highest BCUT2D eigenvalue weighted by atomic mass is 19.1. The second kappa shape index (κ2) is 9.31. The number of likely N-dealkylation sites (N-methyl/N-ethyl adjacent to an activating group) is 1. The summed E-state index contributed by atoms with van der Waals surface area (Å²) >= 11 is 0. The van der Waals surface area contributed by atoms with Gasteiger partial charge in [0.05, 0.1) is 6.54 Å². The lowest BCUT2D eigenvalue weighted by Crippen LogP contribution is -2.37. The molecule has 136 valence electrons. The molecule has 0 aliphatic rings. The van der Waals surface area contributed by atoms with E-state index in [1.54, 1.807) is 30.3 Å². The quantitative estimate of drug-likeness (QED) is 0.796. The van der Waals surface area contributed by atoms with Crippen molar-refractivity contribution in [2.75, 3.05) is 25.5 Å². The average Bonchev–Trinajstić information content (AvgIpc) is 2.62. The largest absolute Gasteiger partial charge is 0.352 e. The number of halogens is 1. The van der Waals surface area contributed by atoms with Crippen molar-refractivity contribution >= 4 is 23.4 Å². The Kier molecular flexibility index (Phi) is 6.84. The van der Waals surface area contributed by atoms with Crippen molar-refractivity contribution in [3.63, 3.8) is 0 Å². The third kappa shape index (κ3) is 6.01. The molecule has 7 heteroatoms. The van der Waals surface area contributed by atoms with Crippen LogP contribution >= 0.6 is 0 Å². The topological polar surface area (TPSA) is 78.5 Å². The zero-order chi connectivity index (χ0) is 18.9. The van der Waals surface area contributed by atoms with Crippen LogP contribution in [-0.4, -0.2) is 42.8 Å². The molecule has 2 aromatic carbocycles. The smallest absolute Gasteiger partial charge is 0.251 e. The van der Waals surface area contributed by atoms with Gasteiger partial charge in [-0.2, -0.15) is 0 Å². The molecule has 0 spiro atoms. The standard InChI is InChI=1S/C19H20FN3O3/c1-23(13-17(24)22-16-9-5-8-15(20)12-16)18(25)10-11-21-19(26)14-6-3-2-4-7-14/h2-9,12H,10-11,13H2,1H3,(H,21,26)(H,22,24). The van der Waals surface area contributed by atoms with Gasteiger partial charge in [0, 0.05) is 31.3 Å². The molecule has 0 atom stereocenters. The van der Waals surface area contributed by atoms with Gasteiger partial charge in [-0.1, -0.05) is 24.3 Å². The maximum atomic E-state index is 13.1. The van der Waals surface area contributed by atoms with E-state index in [2.05, 4.69) is 10.6 Å². The van der Waals surface area contributed by atoms with E-state index >= 15 is 0 Å². The lowest BCUT2D eigenvalue weighted by Gasteiger charge is -2.17. The molecule has 2 N–H and O–H groups in total. The first kappa shape index (κ1) is 19.1. The molecule has 6 nitrogen and oxygen atoms in total. The molecule has 0 unspecified atom stereocenters. The van der Waals surface area contributed by atoms with Gasteiger partial charge < -0.3 is 15.5 Å². The third-order valence-electron chi connectivity index (χ3n) is 3.58. The predicted molar refractivity (Wildman–Crippen MR) is 96.1 cm³/mol. The Labute approximate surface area is 151 Å². The number of rotatable bonds is 7. The first-order valence-corrected chi connectivity index (χ1v) is 8.08. The number of nitrogens with one attached hydrogen (secondary N) is 2. The SMILES string of the molecule is CN(CC(=O)Nc1cccc(F)c1)C(=O)CCNC(=O)c1ccccc1. The fourth-order valence-corrected chi connectivity index (χ4v) is 2.24. The molecule has 0 aliphatic carbocycles. The summed E-state index contributed by atoms with van der Waals surface area (Å²) in [6.07, 6.45) is 0.0717. The molecule has 26 heavy (non-hydrogen) atoms. The van der Waals surface area contributed by atoms with Gasteiger partial charge >= 0.3 is 0 Å². The zero-order valence-electron chi connectivity index (χ0n) is 14.4. The first-order chi connectivity index (χ1) is 12.5. The van der Waals surface area contributed by atoms with Crippen LogP contribution in [0.15, 0.2) is 54.6 Å². The number of hydrogen-bond donors (Lipinski definition) is 2. The van der Waals surface area contributed by atoms with Crippen LogP contribution in [0.3, 0.4) is 0 Å². The van der Waals surface area contributed by atoms with E-state index in [0.717, 1.165) is 0 Å². The van der Waals surface area contributed by atoms with Crippen molar-refractivity contribution in [3.8, 4) is 0 Å². The summed E-state index contributed by atoms with van der Waals surface area (Å²) in [5.41, 5.74) is 0.841. The minimum atomic E-state index is -0.457. The normalized spacial score (nSPS) is 10.1. The molecular formula is C19H20FN3O3. The van der Waals surface area contributed by atoms with E-state index in [9.17, 15) is 18.8 Å². The first-order valence-electron chi connectivity index (χ1n) is 8.08. The lowest BCUT2D eigenvalue weighted by molar-refractivity contribution is -0.133. The minimum absolute atomic E-state index is 0.0717. The second-order valence-corrected chi connectivity index (χ2v) is 5.68. The van der Waals surface area contributed by atoms with Gasteiger partial charge in [-0.15, -0.1) is 0 Å². The van der Waals surface area contributed by atoms with Crippen LogP contribution in [0.2, 0.25) is 0 Å². The Hall–Kier alpha value is -3.22. The maximum Gasteiger partial charge on any atom is 0.251 e. The maximum absolute atomic E-state index is 13.1. The molecule has 0 heterocycles. The number of nitrogens with zero attached hydrogens (tertiary/aromatic N) is 1. The minimum Gasteiger partial charge on any atom is -0.352 e. The van der Waals surface area contributed by atoms with E-state index < -0.39 is 11.7 Å². The van der Waals surface area contributed by atoms with Crippen molar-refractivity contribution < 1.29 is 18.8 Å². The molecule has 0 saturated carbocycles. The van der Waals surface area contributed by atoms with E-state index in [1.807, 2.05) is 6.07 Å². The molecule has 3 amide bonds. The summed E-state index contributed by atoms with van der Waals surface area (Å²) in [4.78, 5) is 37.1. The molecule has 0 radical (unpaired) electrons. The van der Waals surface area contributed by atoms with Crippen LogP contribution in [0, 0.1) is 5.82 Å². The Bertz CT molecular complexity index is 781. The highest BCUT2D eigenvalue weighted by Crippen LogP contribution is 2.09. The van der Waals surface area contributed by atoms with E-state index in [0.29, 0.717) is 11.3 Å². The number of amides is 3. The summed E-state index contributed by atoms with van der Waals surface area (Å²) < 4.78 is 13.1. The van der Waals surface area contributed by atoms with Crippen LogP contribution in [0.5, 0.6) is 0 Å². The lowest BCUT2D eigenvalue weighted by atomic mass is 10.2. The van der Waals surface area contributed by atoms with Crippen LogP contribution in [0.1, 0.15) is 16.8 Å². The van der Waals surface area contributed by atoms with Gasteiger partial charge in [0.25, 0.3) is 5.91 Å². The fraction of sp³-hybridized carbons (Fsp3) is 0.211. The van der Waals surface area contributed by atoms with E-state index in [-0.39, 0.29) is 31.3 Å². The molecule has 2 aromatic rings. The number of hydrogen-bond acceptors (Lipinski definition) is 3. The summed E-state index contributed by atoms with van der Waals surface area (Å²) in [6.45, 7) is 0.00436. The Morgan fingerprint density at radius 2 is 1.77 bits per heavy atom. The zero-order valence-corrected chi connectivity index (χ0v) is 14.4. The molecule has 0 aliphatic heterocycles. The summed E-state index contributed by atoms with van der Waals surface area (Å²) in [7, 11) is 1.49. The molecule has 0 bridgehead atoms. The summed E-state index contributed by atoms with van der Waals surface area (Å²) in [5.74, 6) is -1.43. The molecular weight excluding hydrogens is 337 g/mol. The highest BCUT2D eigenvalue weighted by Gasteiger charge is 2.14. The highest BCUT2D eigenvalue weighted by molar-refractivity contribution is 5.95. The van der Waals surface area contributed by atoms with Crippen molar-refractivity contribution in [2.45, 2.75) is 6.42 Å². The monoisotopic (exact) mass is 357 g/mol. The summed E-state index contributed by atoms with van der Waals surface area (Å²) in [5, 5.41) is 5.18. The van der Waals surface area contributed by atoms with Crippen LogP contribution < -0.4 is 10.6 Å². The second-order valence-electron chi connectivity index (χ2n) is 5.68.